The van der Waals surface area contributed by atoms with E-state index in [1.165, 1.54) is 27.6 Å². The second kappa shape index (κ2) is 5.47. The molecule has 3 heterocycles. The van der Waals surface area contributed by atoms with Gasteiger partial charge in [-0.3, -0.25) is 9.59 Å². The lowest BCUT2D eigenvalue weighted by Crippen LogP contribution is -2.43. The van der Waals surface area contributed by atoms with E-state index in [4.69, 9.17) is 5.73 Å². The maximum atomic E-state index is 13.5. The van der Waals surface area contributed by atoms with Crippen molar-refractivity contribution in [3.8, 4) is 0 Å². The number of hydrogen-bond acceptors (Lipinski definition) is 6. The van der Waals surface area contributed by atoms with Crippen LogP contribution in [0.25, 0.3) is 9.53 Å². The number of carbonyl (C=O) groups excluding carboxylic acids is 2. The molecule has 1 aliphatic heterocycles. The van der Waals surface area contributed by atoms with Crippen LogP contribution < -0.4 is 10.6 Å². The second-order valence-corrected chi connectivity index (χ2v) is 7.42. The number of alkyl halides is 1. The number of nitrogens with two attached hydrogens (primary N) is 1. The Bertz CT molecular complexity index is 710. The molecule has 2 amide bonds. The van der Waals surface area contributed by atoms with Crippen molar-refractivity contribution in [1.82, 2.24) is 9.88 Å². The van der Waals surface area contributed by atoms with Gasteiger partial charge < -0.3 is 15.5 Å². The highest BCUT2D eigenvalue weighted by atomic mass is 32.1. The summed E-state index contributed by atoms with van der Waals surface area (Å²) >= 11 is 2.73. The number of aromatic nitrogens is 1. The zero-order valence-corrected chi connectivity index (χ0v) is 13.7. The van der Waals surface area contributed by atoms with Gasteiger partial charge >= 0.3 is 0 Å². The van der Waals surface area contributed by atoms with E-state index in [-0.39, 0.29) is 18.9 Å². The Labute approximate surface area is 134 Å². The van der Waals surface area contributed by atoms with E-state index in [0.717, 1.165) is 14.7 Å². The van der Waals surface area contributed by atoms with Gasteiger partial charge in [-0.2, -0.15) is 0 Å². The van der Waals surface area contributed by atoms with Crippen molar-refractivity contribution in [2.45, 2.75) is 18.6 Å². The minimum absolute atomic E-state index is 0.0240. The maximum absolute atomic E-state index is 13.5. The molecule has 1 fully saturated rings. The fourth-order valence-electron chi connectivity index (χ4n) is 2.44. The van der Waals surface area contributed by atoms with Gasteiger partial charge in [0.05, 0.1) is 16.1 Å². The highest BCUT2D eigenvalue weighted by molar-refractivity contribution is 7.29. The summed E-state index contributed by atoms with van der Waals surface area (Å²) < 4.78 is 14.4. The number of hydrogen-bond donors (Lipinski definition) is 1. The molecule has 1 saturated heterocycles. The number of amides is 2. The van der Waals surface area contributed by atoms with Crippen LogP contribution in [0.3, 0.4) is 0 Å². The van der Waals surface area contributed by atoms with Crippen molar-refractivity contribution in [2.75, 3.05) is 25.5 Å². The van der Waals surface area contributed by atoms with Gasteiger partial charge in [0.25, 0.3) is 5.91 Å². The summed E-state index contributed by atoms with van der Waals surface area (Å²) in [6.45, 7) is -0.0889. The standard InChI is InChI=1S/C13H15FN4O2S2/c1-17(2)13-16-11-8(22-13)4-9(21-11)12(20)18-5-6(14)3-7(18)10(15)19/h4,6-7H,3,5H2,1-2H3,(H2,15,19)/t6-,7+/m1/s1. The molecule has 22 heavy (non-hydrogen) atoms. The topological polar surface area (TPSA) is 79.5 Å². The third kappa shape index (κ3) is 2.54. The third-order valence-electron chi connectivity index (χ3n) is 3.51. The Balaban J connectivity index is 1.88. The minimum atomic E-state index is -1.21. The van der Waals surface area contributed by atoms with Crippen LogP contribution in [0, 0.1) is 0 Å². The number of primary amides is 1. The molecule has 2 atom stereocenters. The van der Waals surface area contributed by atoms with E-state index < -0.39 is 18.1 Å². The van der Waals surface area contributed by atoms with Crippen LogP contribution in [0.15, 0.2) is 6.07 Å². The number of thiazole rings is 1. The number of nitrogens with zero attached hydrogens (tertiary/aromatic N) is 3. The van der Waals surface area contributed by atoms with Crippen molar-refractivity contribution >= 4 is 49.1 Å². The molecule has 0 aromatic carbocycles. The van der Waals surface area contributed by atoms with Crippen LogP contribution in [0.1, 0.15) is 16.1 Å². The number of anilines is 1. The van der Waals surface area contributed by atoms with Crippen LogP contribution >= 0.6 is 22.7 Å². The predicted molar refractivity (Wildman–Crippen MR) is 85.4 cm³/mol. The molecule has 0 saturated carbocycles. The molecule has 9 heteroatoms. The number of rotatable bonds is 3. The highest BCUT2D eigenvalue weighted by Crippen LogP contribution is 2.35. The molecular formula is C13H15FN4O2S2. The monoisotopic (exact) mass is 342 g/mol. The van der Waals surface area contributed by atoms with Crippen LogP contribution in [-0.2, 0) is 4.79 Å². The van der Waals surface area contributed by atoms with Crippen LogP contribution in [-0.4, -0.2) is 54.6 Å². The fourth-order valence-corrected chi connectivity index (χ4v) is 4.53. The highest BCUT2D eigenvalue weighted by Gasteiger charge is 2.39. The normalized spacial score (nSPS) is 21.5. The number of carbonyl (C=O) groups is 2. The van der Waals surface area contributed by atoms with Gasteiger partial charge in [0, 0.05) is 20.5 Å². The first kappa shape index (κ1) is 15.2. The third-order valence-corrected chi connectivity index (χ3v) is 5.83. The van der Waals surface area contributed by atoms with Crippen LogP contribution in [0.5, 0.6) is 0 Å². The zero-order chi connectivity index (χ0) is 16.0. The smallest absolute Gasteiger partial charge is 0.264 e. The molecule has 2 N–H and O–H groups in total. The lowest BCUT2D eigenvalue weighted by atomic mass is 10.2. The van der Waals surface area contributed by atoms with E-state index in [1.807, 2.05) is 19.0 Å². The first-order valence-electron chi connectivity index (χ1n) is 6.69. The van der Waals surface area contributed by atoms with Gasteiger partial charge in [-0.1, -0.05) is 11.3 Å². The van der Waals surface area contributed by atoms with Gasteiger partial charge in [-0.15, -0.1) is 11.3 Å². The molecule has 0 bridgehead atoms. The summed E-state index contributed by atoms with van der Waals surface area (Å²) in [5.74, 6) is -1.02. The summed E-state index contributed by atoms with van der Waals surface area (Å²) in [4.78, 5) is 32.7. The molecule has 6 nitrogen and oxygen atoms in total. The van der Waals surface area contributed by atoms with Crippen molar-refractivity contribution in [3.05, 3.63) is 10.9 Å². The SMILES string of the molecule is CN(C)c1nc2sc(C(=O)N3C[C@H](F)C[C@H]3C(N)=O)cc2s1. The summed E-state index contributed by atoms with van der Waals surface area (Å²) in [5, 5.41) is 0.861. The lowest BCUT2D eigenvalue weighted by molar-refractivity contribution is -0.121. The number of likely N-dealkylation sites (tertiary alicyclic amines) is 1. The van der Waals surface area contributed by atoms with Crippen LogP contribution in [0.4, 0.5) is 9.52 Å². The van der Waals surface area contributed by atoms with Crippen molar-refractivity contribution in [3.63, 3.8) is 0 Å². The van der Waals surface area contributed by atoms with Crippen molar-refractivity contribution in [2.24, 2.45) is 5.73 Å². The Hall–Kier alpha value is -1.74. The first-order valence-corrected chi connectivity index (χ1v) is 8.32. The minimum Gasteiger partial charge on any atom is -0.368 e. The number of fused-ring (bicyclic) bond motifs is 1. The predicted octanol–water partition coefficient (Wildman–Crippen LogP) is 1.46. The fraction of sp³-hybridized carbons (Fsp3) is 0.462. The summed E-state index contributed by atoms with van der Waals surface area (Å²) in [6, 6.07) is 0.879. The average molecular weight is 342 g/mol. The quantitative estimate of drug-likeness (QED) is 0.916. The Morgan fingerprint density at radius 1 is 1.45 bits per heavy atom. The van der Waals surface area contributed by atoms with Gasteiger partial charge in [-0.25, -0.2) is 9.37 Å². The van der Waals surface area contributed by atoms with E-state index in [0.29, 0.717) is 4.88 Å². The maximum Gasteiger partial charge on any atom is 0.264 e. The van der Waals surface area contributed by atoms with Gasteiger partial charge in [0.1, 0.15) is 17.0 Å². The summed E-state index contributed by atoms with van der Waals surface area (Å²) in [6.07, 6.45) is -1.23. The molecule has 2 aromatic heterocycles. The Morgan fingerprint density at radius 2 is 2.18 bits per heavy atom. The van der Waals surface area contributed by atoms with Crippen molar-refractivity contribution in [1.29, 1.82) is 0 Å². The molecule has 1 aliphatic rings. The van der Waals surface area contributed by atoms with Gasteiger partial charge in [0.2, 0.25) is 5.91 Å². The zero-order valence-electron chi connectivity index (χ0n) is 12.1. The lowest BCUT2D eigenvalue weighted by Gasteiger charge is -2.20. The van der Waals surface area contributed by atoms with E-state index in [2.05, 4.69) is 4.98 Å². The molecule has 2 aromatic rings. The van der Waals surface area contributed by atoms with Crippen molar-refractivity contribution < 1.29 is 14.0 Å². The Morgan fingerprint density at radius 3 is 2.77 bits per heavy atom. The molecule has 0 spiro atoms. The van der Waals surface area contributed by atoms with E-state index >= 15 is 0 Å². The summed E-state index contributed by atoms with van der Waals surface area (Å²) in [7, 11) is 3.80. The molecule has 118 valence electrons. The van der Waals surface area contributed by atoms with Crippen LogP contribution in [0.2, 0.25) is 0 Å². The number of thiophene rings is 1. The van der Waals surface area contributed by atoms with E-state index in [9.17, 15) is 14.0 Å². The van der Waals surface area contributed by atoms with Gasteiger partial charge in [-0.05, 0) is 6.07 Å². The first-order chi connectivity index (χ1) is 10.4. The second-order valence-electron chi connectivity index (χ2n) is 5.38. The Kier molecular flexibility index (Phi) is 3.77. The molecular weight excluding hydrogens is 327 g/mol. The molecule has 0 radical (unpaired) electrons. The largest absolute Gasteiger partial charge is 0.368 e. The molecule has 0 unspecified atom stereocenters. The molecule has 3 rings (SSSR count). The number of halogens is 1. The van der Waals surface area contributed by atoms with Gasteiger partial charge in [0.15, 0.2) is 5.13 Å². The van der Waals surface area contributed by atoms with E-state index in [1.54, 1.807) is 6.07 Å². The molecule has 0 aliphatic carbocycles. The summed E-state index contributed by atoms with van der Waals surface area (Å²) in [5.41, 5.74) is 5.26. The average Bonchev–Trinajstić information content (AvgIpc) is 3.08.